The van der Waals surface area contributed by atoms with Crippen LogP contribution in [-0.4, -0.2) is 24.7 Å². The first kappa shape index (κ1) is 17.7. The number of rotatable bonds is 3. The topological polar surface area (TPSA) is 54.4 Å². The van der Waals surface area contributed by atoms with Gasteiger partial charge in [-0.15, -0.1) is 0 Å². The fourth-order valence-corrected chi connectivity index (χ4v) is 4.79. The van der Waals surface area contributed by atoms with Gasteiger partial charge in [0.2, 0.25) is 5.78 Å². The summed E-state index contributed by atoms with van der Waals surface area (Å²) in [6, 6.07) is 0. The average molecular weight is 331 g/mol. The van der Waals surface area contributed by atoms with E-state index in [9.17, 15) is 14.7 Å². The molecule has 124 valence electrons. The molecule has 0 aliphatic heterocycles. The van der Waals surface area contributed by atoms with E-state index < -0.39 is 8.07 Å². The van der Waals surface area contributed by atoms with Crippen LogP contribution in [0.4, 0.5) is 0 Å². The van der Waals surface area contributed by atoms with Crippen molar-refractivity contribution in [3.63, 3.8) is 0 Å². The van der Waals surface area contributed by atoms with Gasteiger partial charge in [-0.1, -0.05) is 43.4 Å². The summed E-state index contributed by atoms with van der Waals surface area (Å²) in [5.74, 6) is -1.10. The number of hydrogen-bond donors (Lipinski definition) is 1. The van der Waals surface area contributed by atoms with Crippen LogP contribution >= 0.6 is 0 Å². The maximum Gasteiger partial charge on any atom is 0.219 e. The van der Waals surface area contributed by atoms with Crippen LogP contribution in [0, 0.1) is 11.8 Å². The number of carbonyl (C=O) groups excluding carboxylic acids is 2. The second kappa shape index (κ2) is 6.08. The first-order valence-electron chi connectivity index (χ1n) is 8.11. The van der Waals surface area contributed by atoms with Crippen molar-refractivity contribution in [3.05, 3.63) is 46.4 Å². The molecule has 2 atom stereocenters. The summed E-state index contributed by atoms with van der Waals surface area (Å²) >= 11 is 0. The van der Waals surface area contributed by atoms with E-state index in [1.54, 1.807) is 0 Å². The van der Waals surface area contributed by atoms with Crippen LogP contribution < -0.4 is 0 Å². The van der Waals surface area contributed by atoms with Crippen LogP contribution in [0.25, 0.3) is 0 Å². The third kappa shape index (κ3) is 3.32. The van der Waals surface area contributed by atoms with Crippen molar-refractivity contribution in [1.82, 2.24) is 0 Å². The lowest BCUT2D eigenvalue weighted by molar-refractivity contribution is -0.117. The van der Waals surface area contributed by atoms with Crippen molar-refractivity contribution in [3.8, 4) is 0 Å². The molecule has 0 bridgehead atoms. The number of carbonyl (C=O) groups is 2. The third-order valence-corrected chi connectivity index (χ3v) is 6.76. The van der Waals surface area contributed by atoms with Crippen molar-refractivity contribution < 1.29 is 14.7 Å². The summed E-state index contributed by atoms with van der Waals surface area (Å²) in [7, 11) is -1.97. The van der Waals surface area contributed by atoms with Crippen LogP contribution in [0.15, 0.2) is 46.4 Å². The maximum atomic E-state index is 12.7. The van der Waals surface area contributed by atoms with Gasteiger partial charge in [-0.25, -0.2) is 0 Å². The third-order valence-electron chi connectivity index (χ3n) is 4.78. The Bertz CT molecular complexity index is 671. The summed E-state index contributed by atoms with van der Waals surface area (Å²) in [5, 5.41) is 11.0. The monoisotopic (exact) mass is 330 g/mol. The largest absolute Gasteiger partial charge is 0.504 e. The molecular weight excluding hydrogens is 304 g/mol. The van der Waals surface area contributed by atoms with Crippen molar-refractivity contribution >= 4 is 19.6 Å². The number of hydrogen-bond acceptors (Lipinski definition) is 3. The van der Waals surface area contributed by atoms with Gasteiger partial charge in [0.15, 0.2) is 11.5 Å². The molecule has 3 nitrogen and oxygen atoms in total. The van der Waals surface area contributed by atoms with Gasteiger partial charge in [-0.2, -0.15) is 0 Å². The second-order valence-corrected chi connectivity index (χ2v) is 12.8. The van der Waals surface area contributed by atoms with Gasteiger partial charge in [0.1, 0.15) is 0 Å². The van der Waals surface area contributed by atoms with E-state index in [2.05, 4.69) is 6.58 Å². The van der Waals surface area contributed by atoms with Crippen LogP contribution in [0.5, 0.6) is 0 Å². The molecule has 0 saturated carbocycles. The zero-order valence-electron chi connectivity index (χ0n) is 14.7. The van der Waals surface area contributed by atoms with Crippen LogP contribution in [0.3, 0.4) is 0 Å². The summed E-state index contributed by atoms with van der Waals surface area (Å²) in [6.45, 7) is 14.0. The Morgan fingerprint density at radius 3 is 2.43 bits per heavy atom. The van der Waals surface area contributed by atoms with Gasteiger partial charge in [-0.3, -0.25) is 9.59 Å². The predicted molar refractivity (Wildman–Crippen MR) is 95.9 cm³/mol. The molecule has 0 unspecified atom stereocenters. The molecular formula is C19H26O3Si. The standard InChI is InChI=1S/C19H26O3Si/c1-11(2)13-8-7-12(3)9-14(13)17-15(20)10-16(23(4,5)6)18(21)19(17)22/h9-10,13-14,22H,1,7-8H2,2-6H3/t13-,14+/m0/s1. The van der Waals surface area contributed by atoms with Crippen LogP contribution in [0.1, 0.15) is 26.7 Å². The first-order valence-corrected chi connectivity index (χ1v) is 11.6. The van der Waals surface area contributed by atoms with Crippen molar-refractivity contribution in [2.75, 3.05) is 0 Å². The normalized spacial score (nSPS) is 26.1. The Kier molecular flexibility index (Phi) is 4.67. The van der Waals surface area contributed by atoms with Crippen molar-refractivity contribution in [2.45, 2.75) is 46.3 Å². The van der Waals surface area contributed by atoms with Crippen molar-refractivity contribution in [2.24, 2.45) is 11.8 Å². The molecule has 0 fully saturated rings. The lowest BCUT2D eigenvalue weighted by atomic mass is 9.72. The molecule has 0 saturated heterocycles. The summed E-state index contributed by atoms with van der Waals surface area (Å²) in [4.78, 5) is 25.3. The highest BCUT2D eigenvalue weighted by molar-refractivity contribution is 6.88. The smallest absolute Gasteiger partial charge is 0.219 e. The van der Waals surface area contributed by atoms with E-state index in [1.165, 1.54) is 11.6 Å². The minimum absolute atomic E-state index is 0.0921. The summed E-state index contributed by atoms with van der Waals surface area (Å²) in [6.07, 6.45) is 5.34. The number of aliphatic hydroxyl groups excluding tert-OH is 1. The van der Waals surface area contributed by atoms with Gasteiger partial charge >= 0.3 is 0 Å². The Hall–Kier alpha value is -1.68. The van der Waals surface area contributed by atoms with Gasteiger partial charge < -0.3 is 5.11 Å². The molecule has 0 aromatic heterocycles. The highest BCUT2D eigenvalue weighted by atomic mass is 28.3. The van der Waals surface area contributed by atoms with E-state index >= 15 is 0 Å². The van der Waals surface area contributed by atoms with E-state index in [-0.39, 0.29) is 34.7 Å². The average Bonchev–Trinajstić information content (AvgIpc) is 2.41. The molecule has 2 aliphatic rings. The van der Waals surface area contributed by atoms with Crippen molar-refractivity contribution in [1.29, 1.82) is 0 Å². The Labute approximate surface area is 139 Å². The first-order chi connectivity index (χ1) is 10.5. The highest BCUT2D eigenvalue weighted by Crippen LogP contribution is 2.40. The molecule has 23 heavy (non-hydrogen) atoms. The maximum absolute atomic E-state index is 12.7. The van der Waals surface area contributed by atoms with Crippen LogP contribution in [-0.2, 0) is 9.59 Å². The van der Waals surface area contributed by atoms with Gasteiger partial charge in [0.25, 0.3) is 0 Å². The number of allylic oxidation sites excluding steroid dienone is 6. The van der Waals surface area contributed by atoms with E-state index in [1.807, 2.05) is 39.6 Å². The Morgan fingerprint density at radius 1 is 1.30 bits per heavy atom. The van der Waals surface area contributed by atoms with Gasteiger partial charge in [0, 0.05) is 5.92 Å². The minimum atomic E-state index is -1.97. The second-order valence-electron chi connectivity index (χ2n) is 7.79. The fourth-order valence-electron chi connectivity index (χ4n) is 3.43. The fraction of sp³-hybridized carbons (Fsp3) is 0.474. The van der Waals surface area contributed by atoms with E-state index in [4.69, 9.17) is 0 Å². The Balaban J connectivity index is 2.53. The molecule has 0 spiro atoms. The SMILES string of the molecule is C=C(C)[C@@H]1CCC(C)=C[C@H]1C1=C(O)C(=O)C([Si](C)(C)C)=CC1=O. The number of Topliss-reactive ketones (excluding diaryl/α,β-unsaturated/α-hetero) is 1. The number of ketones is 2. The molecule has 4 heteroatoms. The highest BCUT2D eigenvalue weighted by Gasteiger charge is 2.40. The summed E-state index contributed by atoms with van der Waals surface area (Å²) < 4.78 is 0. The quantitative estimate of drug-likeness (QED) is 0.477. The lowest BCUT2D eigenvalue weighted by Crippen LogP contribution is -2.36. The predicted octanol–water partition coefficient (Wildman–Crippen LogP) is 4.30. The van der Waals surface area contributed by atoms with E-state index in [0.717, 1.165) is 18.4 Å². The molecule has 2 rings (SSSR count). The molecule has 0 amide bonds. The number of aliphatic hydroxyl groups is 1. The molecule has 2 aliphatic carbocycles. The molecule has 1 N–H and O–H groups in total. The molecule has 0 aromatic rings. The van der Waals surface area contributed by atoms with Crippen LogP contribution in [0.2, 0.25) is 19.6 Å². The van der Waals surface area contributed by atoms with E-state index in [0.29, 0.717) is 5.20 Å². The Morgan fingerprint density at radius 2 is 1.91 bits per heavy atom. The van der Waals surface area contributed by atoms with Gasteiger partial charge in [-0.05, 0) is 43.9 Å². The van der Waals surface area contributed by atoms with Gasteiger partial charge in [0.05, 0.1) is 13.6 Å². The summed E-state index contributed by atoms with van der Waals surface area (Å²) in [5.41, 5.74) is 2.43. The zero-order valence-corrected chi connectivity index (χ0v) is 15.7. The minimum Gasteiger partial charge on any atom is -0.504 e. The lowest BCUT2D eigenvalue weighted by Gasteiger charge is -2.33. The molecule has 0 radical (unpaired) electrons. The molecule has 0 aromatic carbocycles. The zero-order chi connectivity index (χ0) is 17.5. The molecule has 0 heterocycles.